The first kappa shape index (κ1) is 10.8. The molecule has 3 heterocycles. The highest BCUT2D eigenvalue weighted by atomic mass is 79.9. The summed E-state index contributed by atoms with van der Waals surface area (Å²) in [6, 6.07) is 6.06. The Morgan fingerprint density at radius 3 is 3.00 bits per heavy atom. The van der Waals surface area contributed by atoms with E-state index in [-0.39, 0.29) is 0 Å². The third-order valence-electron chi connectivity index (χ3n) is 2.69. The number of nitrogen functional groups attached to an aromatic ring is 1. The van der Waals surface area contributed by atoms with Gasteiger partial charge in [-0.1, -0.05) is 6.07 Å². The standard InChI is InChI=1S/C12H10BrN3S/c1-7-5-10-15-11(9-3-2-4-17-9)12(14)16(10)6-8(7)13/h2-6H,14H2,1H3. The molecule has 0 bridgehead atoms. The Balaban J connectivity index is 2.32. The number of fused-ring (bicyclic) bond motifs is 1. The molecule has 17 heavy (non-hydrogen) atoms. The third-order valence-corrected chi connectivity index (χ3v) is 4.40. The van der Waals surface area contributed by atoms with Crippen LogP contribution in [0.1, 0.15) is 5.56 Å². The summed E-state index contributed by atoms with van der Waals surface area (Å²) in [7, 11) is 0. The minimum atomic E-state index is 0.683. The van der Waals surface area contributed by atoms with E-state index in [1.165, 1.54) is 0 Å². The lowest BCUT2D eigenvalue weighted by Crippen LogP contribution is -1.94. The number of hydrogen-bond donors (Lipinski definition) is 1. The van der Waals surface area contributed by atoms with Crippen molar-refractivity contribution in [2.45, 2.75) is 6.92 Å². The number of pyridine rings is 1. The lowest BCUT2D eigenvalue weighted by atomic mass is 10.3. The first-order valence-corrected chi connectivity index (χ1v) is 6.81. The van der Waals surface area contributed by atoms with E-state index in [9.17, 15) is 0 Å². The number of aromatic nitrogens is 2. The molecular formula is C12H10BrN3S. The molecule has 0 aliphatic rings. The van der Waals surface area contributed by atoms with Crippen molar-refractivity contribution in [3.63, 3.8) is 0 Å². The summed E-state index contributed by atoms with van der Waals surface area (Å²) in [6.07, 6.45) is 1.96. The van der Waals surface area contributed by atoms with Crippen LogP contribution in [0.5, 0.6) is 0 Å². The van der Waals surface area contributed by atoms with Gasteiger partial charge in [0.1, 0.15) is 17.2 Å². The normalized spacial score (nSPS) is 11.2. The van der Waals surface area contributed by atoms with Gasteiger partial charge in [0.2, 0.25) is 0 Å². The monoisotopic (exact) mass is 307 g/mol. The van der Waals surface area contributed by atoms with Crippen LogP contribution in [-0.2, 0) is 0 Å². The molecule has 2 N–H and O–H groups in total. The molecule has 3 aromatic rings. The fraction of sp³-hybridized carbons (Fsp3) is 0.0833. The third kappa shape index (κ3) is 1.66. The lowest BCUT2D eigenvalue weighted by molar-refractivity contribution is 1.16. The number of aryl methyl sites for hydroxylation is 1. The van der Waals surface area contributed by atoms with Crippen molar-refractivity contribution < 1.29 is 0 Å². The van der Waals surface area contributed by atoms with E-state index >= 15 is 0 Å². The summed E-state index contributed by atoms with van der Waals surface area (Å²) in [6.45, 7) is 2.04. The predicted octanol–water partition coefficient (Wildman–Crippen LogP) is 3.72. The van der Waals surface area contributed by atoms with E-state index < -0.39 is 0 Å². The molecule has 0 amide bonds. The molecule has 0 aromatic carbocycles. The molecule has 3 nitrogen and oxygen atoms in total. The minimum absolute atomic E-state index is 0.683. The smallest absolute Gasteiger partial charge is 0.139 e. The summed E-state index contributed by atoms with van der Waals surface area (Å²) in [5, 5.41) is 2.03. The van der Waals surface area contributed by atoms with E-state index in [2.05, 4.69) is 20.9 Å². The lowest BCUT2D eigenvalue weighted by Gasteiger charge is -2.00. The van der Waals surface area contributed by atoms with E-state index in [1.807, 2.05) is 41.1 Å². The Hall–Kier alpha value is -1.33. The number of anilines is 1. The van der Waals surface area contributed by atoms with Crippen LogP contribution in [-0.4, -0.2) is 9.38 Å². The zero-order chi connectivity index (χ0) is 12.0. The van der Waals surface area contributed by atoms with Crippen molar-refractivity contribution in [1.29, 1.82) is 0 Å². The molecule has 5 heteroatoms. The quantitative estimate of drug-likeness (QED) is 0.744. The molecule has 0 aliphatic heterocycles. The second-order valence-corrected chi connectivity index (χ2v) is 5.66. The molecule has 0 saturated carbocycles. The highest BCUT2D eigenvalue weighted by molar-refractivity contribution is 9.10. The second kappa shape index (κ2) is 3.85. The van der Waals surface area contributed by atoms with Gasteiger partial charge < -0.3 is 5.73 Å². The SMILES string of the molecule is Cc1cc2nc(-c3cccs3)c(N)n2cc1Br. The molecule has 0 fully saturated rings. The summed E-state index contributed by atoms with van der Waals surface area (Å²) < 4.78 is 2.94. The number of rotatable bonds is 1. The topological polar surface area (TPSA) is 43.3 Å². The molecule has 3 aromatic heterocycles. The fourth-order valence-electron chi connectivity index (χ4n) is 1.77. The molecule has 0 unspecified atom stereocenters. The Morgan fingerprint density at radius 2 is 2.29 bits per heavy atom. The summed E-state index contributed by atoms with van der Waals surface area (Å²) in [5.41, 5.74) is 9.03. The molecule has 3 rings (SSSR count). The van der Waals surface area contributed by atoms with Crippen LogP contribution in [0.3, 0.4) is 0 Å². The van der Waals surface area contributed by atoms with Crippen LogP contribution in [0, 0.1) is 6.92 Å². The van der Waals surface area contributed by atoms with Crippen molar-refractivity contribution in [2.75, 3.05) is 5.73 Å². The van der Waals surface area contributed by atoms with Crippen LogP contribution >= 0.6 is 27.3 Å². The van der Waals surface area contributed by atoms with E-state index in [0.29, 0.717) is 5.82 Å². The van der Waals surface area contributed by atoms with Gasteiger partial charge in [-0.2, -0.15) is 0 Å². The highest BCUT2D eigenvalue weighted by Gasteiger charge is 2.12. The van der Waals surface area contributed by atoms with Gasteiger partial charge in [-0.05, 0) is 45.9 Å². The van der Waals surface area contributed by atoms with Crippen molar-refractivity contribution >= 4 is 38.7 Å². The van der Waals surface area contributed by atoms with Crippen LogP contribution in [0.25, 0.3) is 16.2 Å². The predicted molar refractivity (Wildman–Crippen MR) is 75.4 cm³/mol. The zero-order valence-electron chi connectivity index (χ0n) is 9.14. The summed E-state index contributed by atoms with van der Waals surface area (Å²) >= 11 is 5.15. The first-order valence-electron chi connectivity index (χ1n) is 5.14. The Labute approximate surface area is 111 Å². The molecule has 0 radical (unpaired) electrons. The maximum absolute atomic E-state index is 6.14. The Morgan fingerprint density at radius 1 is 1.47 bits per heavy atom. The van der Waals surface area contributed by atoms with Gasteiger partial charge in [0.15, 0.2) is 0 Å². The zero-order valence-corrected chi connectivity index (χ0v) is 11.5. The molecule has 0 spiro atoms. The number of imidazole rings is 1. The number of nitrogens with two attached hydrogens (primary N) is 1. The van der Waals surface area contributed by atoms with Crippen LogP contribution in [0.4, 0.5) is 5.82 Å². The Kier molecular flexibility index (Phi) is 2.45. The number of nitrogens with zero attached hydrogens (tertiary/aromatic N) is 2. The van der Waals surface area contributed by atoms with Crippen molar-refractivity contribution in [1.82, 2.24) is 9.38 Å². The first-order chi connectivity index (χ1) is 8.16. The van der Waals surface area contributed by atoms with Crippen molar-refractivity contribution in [3.05, 3.63) is 39.8 Å². The molecule has 0 atom stereocenters. The maximum atomic E-state index is 6.14. The second-order valence-electron chi connectivity index (χ2n) is 3.86. The fourth-order valence-corrected chi connectivity index (χ4v) is 2.82. The largest absolute Gasteiger partial charge is 0.383 e. The molecule has 86 valence electrons. The van der Waals surface area contributed by atoms with Crippen LogP contribution < -0.4 is 5.73 Å². The average molecular weight is 308 g/mol. The average Bonchev–Trinajstić information content (AvgIpc) is 2.90. The van der Waals surface area contributed by atoms with Gasteiger partial charge in [0, 0.05) is 10.7 Å². The van der Waals surface area contributed by atoms with Crippen molar-refractivity contribution in [2.24, 2.45) is 0 Å². The van der Waals surface area contributed by atoms with Crippen LogP contribution in [0.15, 0.2) is 34.2 Å². The van der Waals surface area contributed by atoms with Gasteiger partial charge >= 0.3 is 0 Å². The van der Waals surface area contributed by atoms with Gasteiger partial charge in [-0.25, -0.2) is 4.98 Å². The number of halogens is 1. The summed E-state index contributed by atoms with van der Waals surface area (Å²) in [4.78, 5) is 5.68. The maximum Gasteiger partial charge on any atom is 0.139 e. The van der Waals surface area contributed by atoms with Crippen LogP contribution in [0.2, 0.25) is 0 Å². The number of thiophene rings is 1. The van der Waals surface area contributed by atoms with Gasteiger partial charge in [-0.15, -0.1) is 11.3 Å². The summed E-state index contributed by atoms with van der Waals surface area (Å²) in [5.74, 6) is 0.683. The molecular weight excluding hydrogens is 298 g/mol. The minimum Gasteiger partial charge on any atom is -0.383 e. The van der Waals surface area contributed by atoms with Crippen molar-refractivity contribution in [3.8, 4) is 10.6 Å². The Bertz CT molecular complexity index is 685. The van der Waals surface area contributed by atoms with E-state index in [1.54, 1.807) is 11.3 Å². The van der Waals surface area contributed by atoms with E-state index in [4.69, 9.17) is 5.73 Å². The molecule has 0 aliphatic carbocycles. The van der Waals surface area contributed by atoms with Gasteiger partial charge in [0.25, 0.3) is 0 Å². The van der Waals surface area contributed by atoms with Gasteiger partial charge in [-0.3, -0.25) is 4.40 Å². The van der Waals surface area contributed by atoms with E-state index in [0.717, 1.165) is 26.3 Å². The number of hydrogen-bond acceptors (Lipinski definition) is 3. The van der Waals surface area contributed by atoms with Gasteiger partial charge in [0.05, 0.1) is 4.88 Å². The highest BCUT2D eigenvalue weighted by Crippen LogP contribution is 2.31. The molecule has 0 saturated heterocycles.